The number of primary amides is 1. The zero-order valence-corrected chi connectivity index (χ0v) is 18.2. The number of hydrogen-bond donors (Lipinski definition) is 2. The van der Waals surface area contributed by atoms with Gasteiger partial charge >= 0.3 is 0 Å². The smallest absolute Gasteiger partial charge is 0.279 e. The molecule has 0 aliphatic heterocycles. The highest BCUT2D eigenvalue weighted by molar-refractivity contribution is 7.11. The van der Waals surface area contributed by atoms with Gasteiger partial charge < -0.3 is 20.4 Å². The lowest BCUT2D eigenvalue weighted by Crippen LogP contribution is -2.57. The number of carbonyl (C=O) groups is 2. The fraction of sp³-hybridized carbons (Fsp3) is 0.600. The summed E-state index contributed by atoms with van der Waals surface area (Å²) in [6, 6.07) is 0. The Kier molecular flexibility index (Phi) is 8.99. The standard InChI is InChI=1S/C20H34N4O2S/c1-7-9-11-24(10-8-2,12-17(21)25)13-18(26)22-19-15(3)14-27-20(19)16(4)23(5)6/h14H,4,7-13H2,1-3,5-6H3,(H2-,21,22,25,26)/p+1. The maximum Gasteiger partial charge on any atom is 0.279 e. The number of nitrogens with one attached hydrogen (secondary N) is 1. The summed E-state index contributed by atoms with van der Waals surface area (Å²) in [5, 5.41) is 5.10. The minimum absolute atomic E-state index is 0.0879. The molecule has 1 rings (SSSR count). The maximum absolute atomic E-state index is 12.9. The number of unbranched alkanes of at least 4 members (excludes halogenated alkanes) is 1. The molecule has 152 valence electrons. The summed E-state index contributed by atoms with van der Waals surface area (Å²) in [5.41, 5.74) is 8.20. The van der Waals surface area contributed by atoms with Crippen LogP contribution in [0.1, 0.15) is 43.6 Å². The second-order valence-corrected chi connectivity index (χ2v) is 8.32. The van der Waals surface area contributed by atoms with Gasteiger partial charge in [-0.25, -0.2) is 0 Å². The van der Waals surface area contributed by atoms with Crippen LogP contribution in [-0.4, -0.2) is 61.5 Å². The van der Waals surface area contributed by atoms with Gasteiger partial charge in [0.05, 0.1) is 23.7 Å². The molecular weight excluding hydrogens is 360 g/mol. The van der Waals surface area contributed by atoms with Crippen molar-refractivity contribution in [3.63, 3.8) is 0 Å². The number of carbonyl (C=O) groups excluding carboxylic acids is 2. The molecule has 1 atom stereocenters. The highest BCUT2D eigenvalue weighted by Gasteiger charge is 2.32. The predicted molar refractivity (Wildman–Crippen MR) is 115 cm³/mol. The zero-order chi connectivity index (χ0) is 20.6. The van der Waals surface area contributed by atoms with Gasteiger partial charge in [-0.1, -0.05) is 26.8 Å². The highest BCUT2D eigenvalue weighted by atomic mass is 32.1. The van der Waals surface area contributed by atoms with Crippen LogP contribution >= 0.6 is 11.3 Å². The van der Waals surface area contributed by atoms with Crippen molar-refractivity contribution < 1.29 is 14.1 Å². The summed E-state index contributed by atoms with van der Waals surface area (Å²) in [7, 11) is 3.87. The Labute approximate surface area is 167 Å². The first-order chi connectivity index (χ1) is 12.7. The molecule has 6 nitrogen and oxygen atoms in total. The monoisotopic (exact) mass is 395 g/mol. The van der Waals surface area contributed by atoms with Crippen LogP contribution in [0.15, 0.2) is 12.0 Å². The van der Waals surface area contributed by atoms with Crippen molar-refractivity contribution in [3.8, 4) is 0 Å². The van der Waals surface area contributed by atoms with Crippen molar-refractivity contribution in [3.05, 3.63) is 22.4 Å². The molecule has 0 aliphatic rings. The number of hydrogen-bond acceptors (Lipinski definition) is 4. The lowest BCUT2D eigenvalue weighted by atomic mass is 10.2. The van der Waals surface area contributed by atoms with Crippen molar-refractivity contribution in [2.75, 3.05) is 45.6 Å². The fourth-order valence-electron chi connectivity index (χ4n) is 3.28. The Morgan fingerprint density at radius 2 is 1.89 bits per heavy atom. The molecule has 3 N–H and O–H groups in total. The van der Waals surface area contributed by atoms with E-state index in [1.165, 1.54) is 0 Å². The van der Waals surface area contributed by atoms with Crippen molar-refractivity contribution >= 4 is 34.5 Å². The molecule has 0 radical (unpaired) electrons. The number of amides is 2. The third kappa shape index (κ3) is 6.66. The maximum atomic E-state index is 12.9. The first-order valence-electron chi connectivity index (χ1n) is 9.53. The number of nitrogens with two attached hydrogens (primary N) is 1. The van der Waals surface area contributed by atoms with Gasteiger partial charge in [0.1, 0.15) is 0 Å². The summed E-state index contributed by atoms with van der Waals surface area (Å²) >= 11 is 1.57. The van der Waals surface area contributed by atoms with E-state index in [1.54, 1.807) is 11.3 Å². The summed E-state index contributed by atoms with van der Waals surface area (Å²) in [6.07, 6.45) is 2.87. The molecule has 0 bridgehead atoms. The Morgan fingerprint density at radius 1 is 1.22 bits per heavy atom. The Hall–Kier alpha value is -1.86. The lowest BCUT2D eigenvalue weighted by molar-refractivity contribution is -0.913. The average Bonchev–Trinajstić information content (AvgIpc) is 2.92. The quantitative estimate of drug-likeness (QED) is 0.534. The second-order valence-electron chi connectivity index (χ2n) is 7.44. The van der Waals surface area contributed by atoms with Crippen LogP contribution in [0.25, 0.3) is 5.70 Å². The van der Waals surface area contributed by atoms with Gasteiger partial charge in [0.2, 0.25) is 0 Å². The van der Waals surface area contributed by atoms with Gasteiger partial charge in [-0.2, -0.15) is 0 Å². The molecule has 1 unspecified atom stereocenters. The van der Waals surface area contributed by atoms with E-state index in [1.807, 2.05) is 31.3 Å². The number of thiophene rings is 1. The van der Waals surface area contributed by atoms with Crippen LogP contribution in [0.3, 0.4) is 0 Å². The number of aryl methyl sites for hydroxylation is 1. The largest absolute Gasteiger partial charge is 0.377 e. The first-order valence-corrected chi connectivity index (χ1v) is 10.4. The lowest BCUT2D eigenvalue weighted by Gasteiger charge is -2.37. The molecule has 1 heterocycles. The minimum Gasteiger partial charge on any atom is -0.377 e. The van der Waals surface area contributed by atoms with Gasteiger partial charge in [0.15, 0.2) is 13.1 Å². The summed E-state index contributed by atoms with van der Waals surface area (Å²) in [4.78, 5) is 27.5. The molecular formula is C20H35N4O2S+. The molecule has 2 amide bonds. The third-order valence-electron chi connectivity index (χ3n) is 4.70. The summed E-state index contributed by atoms with van der Waals surface area (Å²) in [6.45, 7) is 12.3. The fourth-order valence-corrected chi connectivity index (χ4v) is 4.34. The topological polar surface area (TPSA) is 75.4 Å². The van der Waals surface area contributed by atoms with E-state index in [4.69, 9.17) is 5.73 Å². The van der Waals surface area contributed by atoms with E-state index in [0.29, 0.717) is 4.48 Å². The van der Waals surface area contributed by atoms with E-state index < -0.39 is 0 Å². The van der Waals surface area contributed by atoms with Gasteiger partial charge in [0, 0.05) is 19.8 Å². The number of quaternary nitrogens is 1. The average molecular weight is 396 g/mol. The van der Waals surface area contributed by atoms with Gasteiger partial charge in [-0.3, -0.25) is 9.59 Å². The molecule has 1 aromatic rings. The third-order valence-corrected chi connectivity index (χ3v) is 5.84. The molecule has 0 saturated heterocycles. The zero-order valence-electron chi connectivity index (χ0n) is 17.4. The summed E-state index contributed by atoms with van der Waals surface area (Å²) < 4.78 is 0.415. The molecule has 0 fully saturated rings. The van der Waals surface area contributed by atoms with E-state index >= 15 is 0 Å². The van der Waals surface area contributed by atoms with Crippen molar-refractivity contribution in [1.82, 2.24) is 4.90 Å². The van der Waals surface area contributed by atoms with Crippen LogP contribution in [0.4, 0.5) is 5.69 Å². The molecule has 1 aromatic heterocycles. The molecule has 27 heavy (non-hydrogen) atoms. The van der Waals surface area contributed by atoms with Crippen LogP contribution in [0.5, 0.6) is 0 Å². The van der Waals surface area contributed by atoms with Crippen LogP contribution in [-0.2, 0) is 9.59 Å². The van der Waals surface area contributed by atoms with Crippen molar-refractivity contribution in [2.24, 2.45) is 5.73 Å². The van der Waals surface area contributed by atoms with Crippen molar-refractivity contribution in [2.45, 2.75) is 40.0 Å². The molecule has 7 heteroatoms. The normalized spacial score (nSPS) is 13.1. The highest BCUT2D eigenvalue weighted by Crippen LogP contribution is 2.33. The SMILES string of the molecule is C=C(c1scc(C)c1NC(=O)C[N+](CCC)(CCCC)CC(N)=O)N(C)C. The Bertz CT molecular complexity index is 669. The first kappa shape index (κ1) is 23.2. The van der Waals surface area contributed by atoms with E-state index in [-0.39, 0.29) is 24.9 Å². The van der Waals surface area contributed by atoms with Crippen molar-refractivity contribution in [1.29, 1.82) is 0 Å². The van der Waals surface area contributed by atoms with Gasteiger partial charge in [-0.05, 0) is 30.7 Å². The minimum atomic E-state index is -0.360. The number of nitrogens with zero attached hydrogens (tertiary/aromatic N) is 2. The van der Waals surface area contributed by atoms with Gasteiger partial charge in [0.25, 0.3) is 11.8 Å². The van der Waals surface area contributed by atoms with Gasteiger partial charge in [-0.15, -0.1) is 11.3 Å². The van der Waals surface area contributed by atoms with E-state index in [0.717, 1.165) is 54.2 Å². The number of rotatable bonds is 12. The van der Waals surface area contributed by atoms with Crippen LogP contribution < -0.4 is 11.1 Å². The predicted octanol–water partition coefficient (Wildman–Crippen LogP) is 3.04. The Morgan fingerprint density at radius 3 is 2.41 bits per heavy atom. The van der Waals surface area contributed by atoms with Crippen LogP contribution in [0.2, 0.25) is 0 Å². The second kappa shape index (κ2) is 10.5. The van der Waals surface area contributed by atoms with E-state index in [2.05, 4.69) is 25.7 Å². The summed E-state index contributed by atoms with van der Waals surface area (Å²) in [5.74, 6) is -0.448. The Balaban J connectivity index is 3.04. The molecule has 0 aliphatic carbocycles. The number of anilines is 1. The molecule has 0 spiro atoms. The molecule has 0 aromatic carbocycles. The van der Waals surface area contributed by atoms with E-state index in [9.17, 15) is 9.59 Å². The molecule has 0 saturated carbocycles. The van der Waals surface area contributed by atoms with Crippen LogP contribution in [0, 0.1) is 6.92 Å².